The first-order chi connectivity index (χ1) is 9.67. The van der Waals surface area contributed by atoms with Gasteiger partial charge in [-0.05, 0) is 37.1 Å². The first-order valence-electron chi connectivity index (χ1n) is 6.47. The number of hydrogen-bond donors (Lipinski definition) is 0. The van der Waals surface area contributed by atoms with Gasteiger partial charge in [-0.2, -0.15) is 5.26 Å². The quantitative estimate of drug-likeness (QED) is 0.713. The van der Waals surface area contributed by atoms with Crippen LogP contribution in [-0.4, -0.2) is 14.6 Å². The van der Waals surface area contributed by atoms with Gasteiger partial charge in [-0.3, -0.25) is 4.40 Å². The average Bonchev–Trinajstić information content (AvgIpc) is 2.85. The minimum atomic E-state index is 0.611. The van der Waals surface area contributed by atoms with Crippen molar-refractivity contribution >= 4 is 5.65 Å². The highest BCUT2D eigenvalue weighted by Gasteiger charge is 2.08. The number of nitriles is 1. The van der Waals surface area contributed by atoms with Crippen LogP contribution in [0.25, 0.3) is 5.65 Å². The lowest BCUT2D eigenvalue weighted by molar-refractivity contribution is 0.926. The fourth-order valence-electron chi connectivity index (χ4n) is 2.29. The van der Waals surface area contributed by atoms with Crippen LogP contribution in [0.1, 0.15) is 28.1 Å². The van der Waals surface area contributed by atoms with Gasteiger partial charge in [0.1, 0.15) is 11.9 Å². The van der Waals surface area contributed by atoms with Gasteiger partial charge in [0.2, 0.25) is 0 Å². The highest BCUT2D eigenvalue weighted by atomic mass is 15.2. The monoisotopic (exact) mass is 262 g/mol. The molecule has 0 aliphatic rings. The number of nitrogens with zero attached hydrogens (tertiary/aromatic N) is 4. The van der Waals surface area contributed by atoms with E-state index in [0.29, 0.717) is 12.0 Å². The largest absolute Gasteiger partial charge is 0.285 e. The van der Waals surface area contributed by atoms with Crippen molar-refractivity contribution in [3.8, 4) is 6.07 Å². The SMILES string of the molecule is Cc1ccc(C)c(Cc2nnc3ccc(C#N)cn23)c1. The van der Waals surface area contributed by atoms with Crippen molar-refractivity contribution in [2.24, 2.45) is 0 Å². The summed E-state index contributed by atoms with van der Waals surface area (Å²) < 4.78 is 1.89. The van der Waals surface area contributed by atoms with Crippen LogP contribution in [0.5, 0.6) is 0 Å². The molecule has 0 atom stereocenters. The molecular weight excluding hydrogens is 248 g/mol. The Kier molecular flexibility index (Phi) is 2.96. The predicted octanol–water partition coefficient (Wildman–Crippen LogP) is 2.81. The van der Waals surface area contributed by atoms with E-state index in [1.54, 1.807) is 12.3 Å². The van der Waals surface area contributed by atoms with Crippen LogP contribution in [0.4, 0.5) is 0 Å². The molecule has 0 saturated carbocycles. The Labute approximate surface area is 117 Å². The molecule has 0 radical (unpaired) electrons. The van der Waals surface area contributed by atoms with Crippen molar-refractivity contribution in [3.63, 3.8) is 0 Å². The van der Waals surface area contributed by atoms with Crippen molar-refractivity contribution in [2.45, 2.75) is 20.3 Å². The zero-order chi connectivity index (χ0) is 14.1. The van der Waals surface area contributed by atoms with Crippen molar-refractivity contribution in [2.75, 3.05) is 0 Å². The summed E-state index contributed by atoms with van der Waals surface area (Å²) in [5, 5.41) is 17.4. The highest BCUT2D eigenvalue weighted by molar-refractivity contribution is 5.43. The lowest BCUT2D eigenvalue weighted by Gasteiger charge is -2.06. The fraction of sp³-hybridized carbons (Fsp3) is 0.188. The van der Waals surface area contributed by atoms with Gasteiger partial charge >= 0.3 is 0 Å². The molecule has 98 valence electrons. The lowest BCUT2D eigenvalue weighted by Crippen LogP contribution is -1.99. The second kappa shape index (κ2) is 4.78. The summed E-state index contributed by atoms with van der Waals surface area (Å²) in [4.78, 5) is 0. The highest BCUT2D eigenvalue weighted by Crippen LogP contribution is 2.16. The maximum atomic E-state index is 8.99. The molecule has 0 unspecified atom stereocenters. The number of fused-ring (bicyclic) bond motifs is 1. The van der Waals surface area contributed by atoms with Gasteiger partial charge in [0.15, 0.2) is 5.65 Å². The van der Waals surface area contributed by atoms with Crippen LogP contribution in [0, 0.1) is 25.2 Å². The number of benzene rings is 1. The third-order valence-corrected chi connectivity index (χ3v) is 3.46. The zero-order valence-corrected chi connectivity index (χ0v) is 11.5. The molecule has 2 heterocycles. The van der Waals surface area contributed by atoms with Gasteiger partial charge in [-0.1, -0.05) is 23.8 Å². The Morgan fingerprint density at radius 1 is 1.15 bits per heavy atom. The number of rotatable bonds is 2. The molecular formula is C16H14N4. The van der Waals surface area contributed by atoms with Gasteiger partial charge < -0.3 is 0 Å². The first kappa shape index (κ1) is 12.4. The Bertz CT molecular complexity index is 824. The van der Waals surface area contributed by atoms with E-state index in [9.17, 15) is 0 Å². The molecule has 0 saturated heterocycles. The molecule has 0 bridgehead atoms. The summed E-state index contributed by atoms with van der Waals surface area (Å²) in [7, 11) is 0. The number of pyridine rings is 1. The second-order valence-corrected chi connectivity index (χ2v) is 4.98. The van der Waals surface area contributed by atoms with Gasteiger partial charge in [0.25, 0.3) is 0 Å². The fourth-order valence-corrected chi connectivity index (χ4v) is 2.29. The van der Waals surface area contributed by atoms with E-state index >= 15 is 0 Å². The summed E-state index contributed by atoms with van der Waals surface area (Å²) in [5.74, 6) is 0.853. The molecule has 3 rings (SSSR count). The van der Waals surface area contributed by atoms with E-state index in [-0.39, 0.29) is 0 Å². The molecule has 2 aromatic heterocycles. The molecule has 0 aliphatic carbocycles. The molecule has 20 heavy (non-hydrogen) atoms. The minimum Gasteiger partial charge on any atom is -0.285 e. The van der Waals surface area contributed by atoms with Crippen molar-refractivity contribution in [1.82, 2.24) is 14.6 Å². The van der Waals surface area contributed by atoms with Crippen LogP contribution >= 0.6 is 0 Å². The molecule has 0 amide bonds. The number of hydrogen-bond acceptors (Lipinski definition) is 3. The summed E-state index contributed by atoms with van der Waals surface area (Å²) >= 11 is 0. The van der Waals surface area contributed by atoms with Crippen LogP contribution in [0.15, 0.2) is 36.5 Å². The Balaban J connectivity index is 2.07. The minimum absolute atomic E-state index is 0.611. The van der Waals surface area contributed by atoms with Crippen molar-refractivity contribution < 1.29 is 0 Å². The van der Waals surface area contributed by atoms with Crippen LogP contribution in [0.2, 0.25) is 0 Å². The zero-order valence-electron chi connectivity index (χ0n) is 11.5. The molecule has 1 aromatic carbocycles. The summed E-state index contributed by atoms with van der Waals surface area (Å²) in [6.45, 7) is 4.18. The summed E-state index contributed by atoms with van der Waals surface area (Å²) in [6.07, 6.45) is 2.50. The van der Waals surface area contributed by atoms with E-state index < -0.39 is 0 Å². The third-order valence-electron chi connectivity index (χ3n) is 3.46. The van der Waals surface area contributed by atoms with Gasteiger partial charge in [0.05, 0.1) is 5.56 Å². The van der Waals surface area contributed by atoms with E-state index in [2.05, 4.69) is 48.3 Å². The van der Waals surface area contributed by atoms with Gasteiger partial charge in [-0.25, -0.2) is 0 Å². The Hall–Kier alpha value is -2.67. The standard InChI is InChI=1S/C16H14N4/c1-11-3-4-12(2)14(7-11)8-16-19-18-15-6-5-13(9-17)10-20(15)16/h3-7,10H,8H2,1-2H3. The van der Waals surface area contributed by atoms with E-state index in [1.807, 2.05) is 10.5 Å². The molecule has 0 fully saturated rings. The number of aromatic nitrogens is 3. The number of aryl methyl sites for hydroxylation is 2. The summed E-state index contributed by atoms with van der Waals surface area (Å²) in [6, 6.07) is 12.1. The van der Waals surface area contributed by atoms with E-state index in [4.69, 9.17) is 5.26 Å². The molecule has 0 spiro atoms. The van der Waals surface area contributed by atoms with Gasteiger partial charge in [-0.15, -0.1) is 10.2 Å². The predicted molar refractivity (Wildman–Crippen MR) is 76.4 cm³/mol. The van der Waals surface area contributed by atoms with Crippen LogP contribution in [-0.2, 0) is 6.42 Å². The normalized spacial score (nSPS) is 10.7. The smallest absolute Gasteiger partial charge is 0.160 e. The molecule has 4 heteroatoms. The Morgan fingerprint density at radius 2 is 2.00 bits per heavy atom. The van der Waals surface area contributed by atoms with Gasteiger partial charge in [0, 0.05) is 12.6 Å². The first-order valence-corrected chi connectivity index (χ1v) is 6.47. The Morgan fingerprint density at radius 3 is 2.80 bits per heavy atom. The van der Waals surface area contributed by atoms with Crippen molar-refractivity contribution in [3.05, 3.63) is 64.6 Å². The maximum Gasteiger partial charge on any atom is 0.160 e. The van der Waals surface area contributed by atoms with Crippen LogP contribution in [0.3, 0.4) is 0 Å². The molecule has 0 aliphatic heterocycles. The van der Waals surface area contributed by atoms with E-state index in [0.717, 1.165) is 11.5 Å². The van der Waals surface area contributed by atoms with Crippen molar-refractivity contribution in [1.29, 1.82) is 5.26 Å². The maximum absolute atomic E-state index is 8.99. The average molecular weight is 262 g/mol. The third kappa shape index (κ3) is 2.14. The topological polar surface area (TPSA) is 54.0 Å². The second-order valence-electron chi connectivity index (χ2n) is 4.98. The molecule has 0 N–H and O–H groups in total. The van der Waals surface area contributed by atoms with Crippen LogP contribution < -0.4 is 0 Å². The molecule has 3 aromatic rings. The lowest BCUT2D eigenvalue weighted by atomic mass is 10.0. The van der Waals surface area contributed by atoms with E-state index in [1.165, 1.54) is 16.7 Å². The summed E-state index contributed by atoms with van der Waals surface area (Å²) in [5.41, 5.74) is 5.09. The molecule has 4 nitrogen and oxygen atoms in total.